The average molecular weight is 510 g/mol. The van der Waals surface area contributed by atoms with Gasteiger partial charge in [-0.1, -0.05) is 24.3 Å². The predicted molar refractivity (Wildman–Crippen MR) is 143 cm³/mol. The first-order valence-corrected chi connectivity index (χ1v) is 12.0. The number of amides is 1. The van der Waals surface area contributed by atoms with Gasteiger partial charge in [0.2, 0.25) is 5.91 Å². The van der Waals surface area contributed by atoms with Crippen molar-refractivity contribution in [3.05, 3.63) is 59.7 Å². The quantitative estimate of drug-likeness (QED) is 0.274. The second-order valence-corrected chi connectivity index (χ2v) is 8.02. The van der Waals surface area contributed by atoms with Gasteiger partial charge in [0.1, 0.15) is 0 Å². The molecule has 37 heavy (non-hydrogen) atoms. The highest BCUT2D eigenvalue weighted by Crippen LogP contribution is 2.29. The van der Waals surface area contributed by atoms with Crippen LogP contribution in [0.15, 0.2) is 48.6 Å². The first-order chi connectivity index (χ1) is 17.8. The van der Waals surface area contributed by atoms with Gasteiger partial charge in [0.15, 0.2) is 34.6 Å². The number of methoxy groups -OCH3 is 4. The molecule has 198 valence electrons. The molecular weight excluding hydrogens is 474 g/mol. The van der Waals surface area contributed by atoms with Gasteiger partial charge in [0, 0.05) is 19.5 Å². The van der Waals surface area contributed by atoms with Crippen molar-refractivity contribution in [2.24, 2.45) is 5.92 Å². The molecule has 0 aliphatic rings. The second kappa shape index (κ2) is 14.5. The lowest BCUT2D eigenvalue weighted by molar-refractivity contribution is -0.137. The molecule has 0 fully saturated rings. The van der Waals surface area contributed by atoms with Gasteiger partial charge in [-0.3, -0.25) is 14.4 Å². The molecule has 8 nitrogen and oxygen atoms in total. The Hall–Kier alpha value is -4.07. The molecule has 8 heteroatoms. The molecule has 2 rings (SSSR count). The van der Waals surface area contributed by atoms with Crippen LogP contribution in [0.3, 0.4) is 0 Å². The lowest BCUT2D eigenvalue weighted by atomic mass is 9.92. The zero-order chi connectivity index (χ0) is 27.4. The fraction of sp³-hybridized carbons (Fsp3) is 0.345. The van der Waals surface area contributed by atoms with Crippen LogP contribution in [0.25, 0.3) is 12.2 Å². The highest BCUT2D eigenvalue weighted by atomic mass is 16.5. The number of carbonyl (C=O) groups is 3. The third-order valence-corrected chi connectivity index (χ3v) is 5.88. The third kappa shape index (κ3) is 7.96. The summed E-state index contributed by atoms with van der Waals surface area (Å²) in [6, 6.07) is 10.4. The Bertz CT molecular complexity index is 1070. The van der Waals surface area contributed by atoms with Gasteiger partial charge >= 0.3 is 0 Å². The summed E-state index contributed by atoms with van der Waals surface area (Å²) in [7, 11) is 6.12. The van der Waals surface area contributed by atoms with Gasteiger partial charge in [-0.15, -0.1) is 0 Å². The van der Waals surface area contributed by atoms with E-state index in [1.807, 2.05) is 13.8 Å². The lowest BCUT2D eigenvalue weighted by Crippen LogP contribution is -2.35. The molecule has 0 radical (unpaired) electrons. The van der Waals surface area contributed by atoms with Crippen molar-refractivity contribution in [1.29, 1.82) is 0 Å². The Kier molecular flexibility index (Phi) is 11.4. The summed E-state index contributed by atoms with van der Waals surface area (Å²) in [6.45, 7) is 4.70. The van der Waals surface area contributed by atoms with Crippen LogP contribution in [-0.2, 0) is 14.4 Å². The van der Waals surface area contributed by atoms with Gasteiger partial charge in [-0.05, 0) is 61.4 Å². The first-order valence-electron chi connectivity index (χ1n) is 12.0. The molecule has 0 saturated carbocycles. The van der Waals surface area contributed by atoms with Crippen LogP contribution in [0.4, 0.5) is 0 Å². The minimum atomic E-state index is -1.15. The van der Waals surface area contributed by atoms with Gasteiger partial charge in [-0.2, -0.15) is 0 Å². The van der Waals surface area contributed by atoms with E-state index in [1.165, 1.54) is 40.6 Å². The number of hydrogen-bond donors (Lipinski definition) is 0. The number of rotatable bonds is 14. The molecule has 0 aromatic heterocycles. The SMILES string of the molecule is CCN(CC)C(=O)CC(C(=O)/C=C/c1ccc(OC)c(OC)c1)C(=O)/C=C/c1ccc(OC)c(OC)c1. The summed E-state index contributed by atoms with van der Waals surface area (Å²) in [5, 5.41) is 0. The number of allylic oxidation sites excluding steroid dienone is 2. The molecule has 0 aliphatic heterocycles. The highest BCUT2D eigenvalue weighted by molar-refractivity contribution is 6.15. The van der Waals surface area contributed by atoms with E-state index in [0.29, 0.717) is 47.2 Å². The monoisotopic (exact) mass is 509 g/mol. The van der Waals surface area contributed by atoms with E-state index in [1.54, 1.807) is 53.5 Å². The van der Waals surface area contributed by atoms with Crippen molar-refractivity contribution < 1.29 is 33.3 Å². The van der Waals surface area contributed by atoms with E-state index in [-0.39, 0.29) is 12.3 Å². The van der Waals surface area contributed by atoms with Crippen molar-refractivity contribution in [3.63, 3.8) is 0 Å². The van der Waals surface area contributed by atoms with Crippen LogP contribution in [0.1, 0.15) is 31.4 Å². The lowest BCUT2D eigenvalue weighted by Gasteiger charge is -2.20. The smallest absolute Gasteiger partial charge is 0.223 e. The molecule has 1 amide bonds. The number of benzene rings is 2. The number of nitrogens with zero attached hydrogens (tertiary/aromatic N) is 1. The Balaban J connectivity index is 2.31. The summed E-state index contributed by atoms with van der Waals surface area (Å²) in [6.07, 6.45) is 5.61. The molecular formula is C29H35NO7. The summed E-state index contributed by atoms with van der Waals surface area (Å²) in [4.78, 5) is 40.7. The van der Waals surface area contributed by atoms with Crippen molar-refractivity contribution in [3.8, 4) is 23.0 Å². The molecule has 0 heterocycles. The maximum Gasteiger partial charge on any atom is 0.223 e. The van der Waals surface area contributed by atoms with Gasteiger partial charge in [-0.25, -0.2) is 0 Å². The van der Waals surface area contributed by atoms with Crippen LogP contribution >= 0.6 is 0 Å². The van der Waals surface area contributed by atoms with E-state index in [0.717, 1.165) is 0 Å². The van der Waals surface area contributed by atoms with Crippen LogP contribution in [0.5, 0.6) is 23.0 Å². The molecule has 2 aromatic rings. The zero-order valence-electron chi connectivity index (χ0n) is 22.3. The van der Waals surface area contributed by atoms with E-state index in [9.17, 15) is 14.4 Å². The van der Waals surface area contributed by atoms with Crippen molar-refractivity contribution in [2.45, 2.75) is 20.3 Å². The Morgan fingerprint density at radius 2 is 1.11 bits per heavy atom. The minimum Gasteiger partial charge on any atom is -0.493 e. The van der Waals surface area contributed by atoms with Gasteiger partial charge in [0.05, 0.1) is 34.4 Å². The van der Waals surface area contributed by atoms with Crippen LogP contribution in [0, 0.1) is 5.92 Å². The number of ether oxygens (including phenoxy) is 4. The van der Waals surface area contributed by atoms with Crippen LogP contribution in [0.2, 0.25) is 0 Å². The molecule has 0 saturated heterocycles. The van der Waals surface area contributed by atoms with Crippen LogP contribution < -0.4 is 18.9 Å². The largest absolute Gasteiger partial charge is 0.493 e. The predicted octanol–water partition coefficient (Wildman–Crippen LogP) is 4.46. The summed E-state index contributed by atoms with van der Waals surface area (Å²) in [5.41, 5.74) is 1.38. The number of ketones is 2. The standard InChI is InChI=1S/C29H35NO7/c1-7-30(8-2)29(33)19-22(23(31)13-9-20-11-15-25(34-3)27(17-20)36-5)24(32)14-10-21-12-16-26(35-4)28(18-21)37-6/h9-18,22H,7-8,19H2,1-6H3/b13-9+,14-10+. The summed E-state index contributed by atoms with van der Waals surface area (Å²) < 4.78 is 21.1. The van der Waals surface area contributed by atoms with E-state index in [4.69, 9.17) is 18.9 Å². The van der Waals surface area contributed by atoms with Gasteiger partial charge < -0.3 is 23.8 Å². The maximum atomic E-state index is 13.2. The van der Waals surface area contributed by atoms with Crippen molar-refractivity contribution >= 4 is 29.6 Å². The second-order valence-electron chi connectivity index (χ2n) is 8.02. The molecule has 0 atom stereocenters. The number of carbonyl (C=O) groups excluding carboxylic acids is 3. The third-order valence-electron chi connectivity index (χ3n) is 5.88. The van der Waals surface area contributed by atoms with Crippen molar-refractivity contribution in [1.82, 2.24) is 4.90 Å². The highest BCUT2D eigenvalue weighted by Gasteiger charge is 2.27. The van der Waals surface area contributed by atoms with E-state index < -0.39 is 17.5 Å². The van der Waals surface area contributed by atoms with E-state index >= 15 is 0 Å². The Morgan fingerprint density at radius 3 is 1.46 bits per heavy atom. The molecule has 0 aliphatic carbocycles. The fourth-order valence-corrected chi connectivity index (χ4v) is 3.72. The first kappa shape index (κ1) is 29.2. The van der Waals surface area contributed by atoms with Gasteiger partial charge in [0.25, 0.3) is 0 Å². The Morgan fingerprint density at radius 1 is 0.703 bits per heavy atom. The van der Waals surface area contributed by atoms with E-state index in [2.05, 4.69) is 0 Å². The normalized spacial score (nSPS) is 11.1. The average Bonchev–Trinajstić information content (AvgIpc) is 2.93. The molecule has 2 aromatic carbocycles. The van der Waals surface area contributed by atoms with Crippen molar-refractivity contribution in [2.75, 3.05) is 41.5 Å². The maximum absolute atomic E-state index is 13.2. The zero-order valence-corrected chi connectivity index (χ0v) is 22.3. The summed E-state index contributed by atoms with van der Waals surface area (Å²) in [5.74, 6) is -0.182. The molecule has 0 unspecified atom stereocenters. The molecule has 0 N–H and O–H groups in total. The molecule has 0 spiro atoms. The fourth-order valence-electron chi connectivity index (χ4n) is 3.72. The molecule has 0 bridgehead atoms. The topological polar surface area (TPSA) is 91.4 Å². The Labute approximate surface area is 218 Å². The van der Waals surface area contributed by atoms with Crippen LogP contribution in [-0.4, -0.2) is 63.9 Å². The number of hydrogen-bond acceptors (Lipinski definition) is 7. The summed E-state index contributed by atoms with van der Waals surface area (Å²) >= 11 is 0. The minimum absolute atomic E-state index is 0.216.